The third-order valence-corrected chi connectivity index (χ3v) is 4.05. The molecule has 0 unspecified atom stereocenters. The molecule has 0 bridgehead atoms. The first kappa shape index (κ1) is 15.3. The zero-order valence-corrected chi connectivity index (χ0v) is 11.8. The Morgan fingerprint density at radius 2 is 2.00 bits per heavy atom. The molecule has 1 aliphatic heterocycles. The van der Waals surface area contributed by atoms with Crippen molar-refractivity contribution in [3.05, 3.63) is 36.4 Å². The quantitative estimate of drug-likeness (QED) is 0.896. The van der Waals surface area contributed by atoms with Gasteiger partial charge in [-0.25, -0.2) is 4.98 Å². The predicted octanol–water partition coefficient (Wildman–Crippen LogP) is 1.07. The maximum Gasteiger partial charge on any atom is 0.394 e. The van der Waals surface area contributed by atoms with Crippen molar-refractivity contribution in [1.82, 2.24) is 14.3 Å². The highest BCUT2D eigenvalue weighted by atomic mass is 19.4. The molecule has 2 N–H and O–H groups in total. The summed E-state index contributed by atoms with van der Waals surface area (Å²) in [4.78, 5) is 28.6. The smallest absolute Gasteiger partial charge is 0.369 e. The highest BCUT2D eigenvalue weighted by molar-refractivity contribution is 5.95. The van der Waals surface area contributed by atoms with E-state index in [2.05, 4.69) is 4.98 Å². The zero-order chi connectivity index (χ0) is 16.8. The molecule has 9 heteroatoms. The summed E-state index contributed by atoms with van der Waals surface area (Å²) in [5, 5.41) is 0. The summed E-state index contributed by atoms with van der Waals surface area (Å²) in [6.45, 7) is -0.905. The van der Waals surface area contributed by atoms with Crippen LogP contribution in [-0.4, -0.2) is 45.4 Å². The third kappa shape index (κ3) is 2.73. The van der Waals surface area contributed by atoms with Gasteiger partial charge in [-0.05, 0) is 12.1 Å². The SMILES string of the molecule is NC(=O)[C@@H]1CN(C(=O)c2ccc3cncn3c2)C[C@H]1C(F)(F)F. The topological polar surface area (TPSA) is 80.7 Å². The summed E-state index contributed by atoms with van der Waals surface area (Å²) in [7, 11) is 0. The van der Waals surface area contributed by atoms with E-state index in [9.17, 15) is 22.8 Å². The van der Waals surface area contributed by atoms with Crippen molar-refractivity contribution in [2.45, 2.75) is 6.18 Å². The molecule has 2 atom stereocenters. The molecule has 122 valence electrons. The molecular formula is C14H13F3N4O2. The minimum absolute atomic E-state index is 0.224. The van der Waals surface area contributed by atoms with Gasteiger partial charge in [0.25, 0.3) is 5.91 Å². The van der Waals surface area contributed by atoms with Crippen molar-refractivity contribution in [2.24, 2.45) is 17.6 Å². The van der Waals surface area contributed by atoms with E-state index in [0.29, 0.717) is 0 Å². The number of nitrogens with two attached hydrogens (primary N) is 1. The van der Waals surface area contributed by atoms with Gasteiger partial charge in [-0.2, -0.15) is 13.2 Å². The van der Waals surface area contributed by atoms with E-state index in [4.69, 9.17) is 5.73 Å². The maximum absolute atomic E-state index is 13.0. The second-order valence-electron chi connectivity index (χ2n) is 5.51. The van der Waals surface area contributed by atoms with Gasteiger partial charge in [-0.3, -0.25) is 9.59 Å². The van der Waals surface area contributed by atoms with Gasteiger partial charge >= 0.3 is 6.18 Å². The van der Waals surface area contributed by atoms with Crippen molar-refractivity contribution >= 4 is 17.3 Å². The zero-order valence-electron chi connectivity index (χ0n) is 11.8. The molecule has 1 aliphatic rings. The van der Waals surface area contributed by atoms with Crippen LogP contribution in [0.15, 0.2) is 30.9 Å². The number of pyridine rings is 1. The van der Waals surface area contributed by atoms with Gasteiger partial charge in [0.2, 0.25) is 5.91 Å². The van der Waals surface area contributed by atoms with Gasteiger partial charge < -0.3 is 15.0 Å². The number of fused-ring (bicyclic) bond motifs is 1. The van der Waals surface area contributed by atoms with Crippen molar-refractivity contribution < 1.29 is 22.8 Å². The summed E-state index contributed by atoms with van der Waals surface area (Å²) >= 11 is 0. The number of alkyl halides is 3. The van der Waals surface area contributed by atoms with Crippen LogP contribution >= 0.6 is 0 Å². The molecular weight excluding hydrogens is 313 g/mol. The third-order valence-electron chi connectivity index (χ3n) is 4.05. The van der Waals surface area contributed by atoms with Crippen LogP contribution < -0.4 is 5.73 Å². The normalized spacial score (nSPS) is 21.8. The van der Waals surface area contributed by atoms with Gasteiger partial charge in [-0.1, -0.05) is 0 Å². The average molecular weight is 326 g/mol. The molecule has 0 aliphatic carbocycles. The minimum Gasteiger partial charge on any atom is -0.369 e. The standard InChI is InChI=1S/C14H13F3N4O2/c15-14(16,17)11-6-20(5-10(11)12(18)22)13(23)8-1-2-9-3-19-7-21(9)4-8/h1-4,7,10-11H,5-6H2,(H2,18,22)/t10-,11-/m1/s1. The molecule has 2 amide bonds. The van der Waals surface area contributed by atoms with Crippen molar-refractivity contribution in [3.63, 3.8) is 0 Å². The number of carbonyl (C=O) groups excluding carboxylic acids is 2. The van der Waals surface area contributed by atoms with E-state index in [0.717, 1.165) is 10.4 Å². The Hall–Kier alpha value is -2.58. The van der Waals surface area contributed by atoms with E-state index in [1.807, 2.05) is 0 Å². The van der Waals surface area contributed by atoms with E-state index < -0.39 is 36.4 Å². The molecule has 3 rings (SSSR count). The lowest BCUT2D eigenvalue weighted by Gasteiger charge is -2.18. The highest BCUT2D eigenvalue weighted by Crippen LogP contribution is 2.37. The molecule has 23 heavy (non-hydrogen) atoms. The van der Waals surface area contributed by atoms with Crippen LogP contribution in [0.25, 0.3) is 5.52 Å². The van der Waals surface area contributed by atoms with Crippen LogP contribution in [0.4, 0.5) is 13.2 Å². The first-order chi connectivity index (χ1) is 10.8. The van der Waals surface area contributed by atoms with Gasteiger partial charge in [0, 0.05) is 19.3 Å². The maximum atomic E-state index is 13.0. The Labute approximate surface area is 128 Å². The van der Waals surface area contributed by atoms with Crippen LogP contribution in [0.5, 0.6) is 0 Å². The summed E-state index contributed by atoms with van der Waals surface area (Å²) in [5.74, 6) is -4.97. The number of carbonyl (C=O) groups is 2. The first-order valence-electron chi connectivity index (χ1n) is 6.84. The lowest BCUT2D eigenvalue weighted by molar-refractivity contribution is -0.182. The van der Waals surface area contributed by atoms with Crippen LogP contribution in [-0.2, 0) is 4.79 Å². The number of likely N-dealkylation sites (tertiary alicyclic amines) is 1. The second-order valence-corrected chi connectivity index (χ2v) is 5.51. The van der Waals surface area contributed by atoms with Gasteiger partial charge in [-0.15, -0.1) is 0 Å². The molecule has 1 saturated heterocycles. The molecule has 6 nitrogen and oxygen atoms in total. The lowest BCUT2D eigenvalue weighted by Crippen LogP contribution is -2.37. The minimum atomic E-state index is -4.58. The molecule has 0 saturated carbocycles. The molecule has 0 spiro atoms. The lowest BCUT2D eigenvalue weighted by atomic mass is 9.95. The van der Waals surface area contributed by atoms with Crippen molar-refractivity contribution in [2.75, 3.05) is 13.1 Å². The summed E-state index contributed by atoms with van der Waals surface area (Å²) in [5.41, 5.74) is 6.04. The molecule has 2 aromatic heterocycles. The largest absolute Gasteiger partial charge is 0.394 e. The number of hydrogen-bond donors (Lipinski definition) is 1. The number of halogens is 3. The Bertz CT molecular complexity index is 771. The van der Waals surface area contributed by atoms with Crippen LogP contribution in [0.1, 0.15) is 10.4 Å². The molecule has 3 heterocycles. The van der Waals surface area contributed by atoms with E-state index >= 15 is 0 Å². The van der Waals surface area contributed by atoms with Gasteiger partial charge in [0.05, 0.1) is 35.4 Å². The fourth-order valence-corrected chi connectivity index (χ4v) is 2.82. The number of hydrogen-bond acceptors (Lipinski definition) is 3. The molecule has 2 aromatic rings. The summed E-state index contributed by atoms with van der Waals surface area (Å²) in [6, 6.07) is 3.16. The Balaban J connectivity index is 1.86. The van der Waals surface area contributed by atoms with Gasteiger partial charge in [0.1, 0.15) is 0 Å². The monoisotopic (exact) mass is 326 g/mol. The number of amides is 2. The van der Waals surface area contributed by atoms with Crippen LogP contribution in [0.2, 0.25) is 0 Å². The Morgan fingerprint density at radius 3 is 2.61 bits per heavy atom. The molecule has 0 radical (unpaired) electrons. The first-order valence-corrected chi connectivity index (χ1v) is 6.84. The predicted molar refractivity (Wildman–Crippen MR) is 73.3 cm³/mol. The van der Waals surface area contributed by atoms with Crippen LogP contribution in [0.3, 0.4) is 0 Å². The van der Waals surface area contributed by atoms with Crippen LogP contribution in [0, 0.1) is 11.8 Å². The number of nitrogens with zero attached hydrogens (tertiary/aromatic N) is 3. The summed E-state index contributed by atoms with van der Waals surface area (Å²) < 4.78 is 40.6. The summed E-state index contributed by atoms with van der Waals surface area (Å²) in [6.07, 6.45) is -0.0123. The van der Waals surface area contributed by atoms with Crippen molar-refractivity contribution in [3.8, 4) is 0 Å². The fraction of sp³-hybridized carbons (Fsp3) is 0.357. The molecule has 1 fully saturated rings. The van der Waals surface area contributed by atoms with E-state index in [1.54, 1.807) is 16.7 Å². The average Bonchev–Trinajstić information content (AvgIpc) is 3.11. The number of primary amides is 1. The second kappa shape index (κ2) is 5.25. The van der Waals surface area contributed by atoms with Gasteiger partial charge in [0.15, 0.2) is 0 Å². The number of aromatic nitrogens is 2. The number of imidazole rings is 1. The van der Waals surface area contributed by atoms with Crippen molar-refractivity contribution in [1.29, 1.82) is 0 Å². The Kier molecular flexibility index (Phi) is 3.50. The highest BCUT2D eigenvalue weighted by Gasteiger charge is 2.52. The molecule has 0 aromatic carbocycles. The number of rotatable bonds is 2. The van der Waals surface area contributed by atoms with E-state index in [-0.39, 0.29) is 12.1 Å². The fourth-order valence-electron chi connectivity index (χ4n) is 2.82. The Morgan fingerprint density at radius 1 is 1.26 bits per heavy atom. The van der Waals surface area contributed by atoms with E-state index in [1.165, 1.54) is 18.6 Å².